The molecule has 3 N–H and O–H groups in total. The van der Waals surface area contributed by atoms with E-state index in [-0.39, 0.29) is 5.91 Å². The zero-order valence-electron chi connectivity index (χ0n) is 7.55. The Hall–Kier alpha value is -0.610. The average molecular weight is 171 g/mol. The largest absolute Gasteiger partial charge is 0.370 e. The summed E-state index contributed by atoms with van der Waals surface area (Å²) in [7, 11) is 0. The molecule has 0 aliphatic carbocycles. The molecule has 1 heterocycles. The summed E-state index contributed by atoms with van der Waals surface area (Å²) in [6.07, 6.45) is 0.477. The minimum Gasteiger partial charge on any atom is -0.370 e. The Morgan fingerprint density at radius 3 is 3.08 bits per heavy atom. The Balaban J connectivity index is 2.24. The molecular formula is C8H17N3O. The van der Waals surface area contributed by atoms with Gasteiger partial charge in [-0.2, -0.15) is 0 Å². The van der Waals surface area contributed by atoms with E-state index in [9.17, 15) is 4.79 Å². The second-order valence-corrected chi connectivity index (χ2v) is 3.31. The maximum absolute atomic E-state index is 10.5. The summed E-state index contributed by atoms with van der Waals surface area (Å²) in [5.74, 6) is -0.208. The Bertz CT molecular complexity index is 160. The molecule has 0 unspecified atom stereocenters. The summed E-state index contributed by atoms with van der Waals surface area (Å²) in [4.78, 5) is 12.8. The number of nitrogens with zero attached hydrogens (tertiary/aromatic N) is 1. The number of amides is 1. The highest BCUT2D eigenvalue weighted by molar-refractivity contribution is 5.73. The number of rotatable bonds is 3. The summed E-state index contributed by atoms with van der Waals surface area (Å²) in [6, 6.07) is 0.526. The molecule has 0 aromatic heterocycles. The van der Waals surface area contributed by atoms with E-state index in [1.54, 1.807) is 0 Å². The maximum atomic E-state index is 10.5. The maximum Gasteiger partial charge on any atom is 0.218 e. The van der Waals surface area contributed by atoms with Gasteiger partial charge >= 0.3 is 0 Å². The molecule has 0 saturated carbocycles. The van der Waals surface area contributed by atoms with Crippen molar-refractivity contribution in [1.82, 2.24) is 10.2 Å². The van der Waals surface area contributed by atoms with Gasteiger partial charge in [0.1, 0.15) is 0 Å². The van der Waals surface area contributed by atoms with Crippen molar-refractivity contribution in [2.45, 2.75) is 19.4 Å². The first kappa shape index (κ1) is 9.48. The highest BCUT2D eigenvalue weighted by Gasteiger charge is 2.17. The van der Waals surface area contributed by atoms with Crippen molar-refractivity contribution < 1.29 is 4.79 Å². The normalized spacial score (nSPS) is 25.6. The number of piperazine rings is 1. The number of hydrogen-bond donors (Lipinski definition) is 2. The minimum atomic E-state index is -0.208. The highest BCUT2D eigenvalue weighted by atomic mass is 16.1. The van der Waals surface area contributed by atoms with E-state index in [1.165, 1.54) is 0 Å². The van der Waals surface area contributed by atoms with Crippen LogP contribution in [0.5, 0.6) is 0 Å². The first-order valence-corrected chi connectivity index (χ1v) is 4.43. The monoisotopic (exact) mass is 171 g/mol. The lowest BCUT2D eigenvalue weighted by Gasteiger charge is -2.33. The second-order valence-electron chi connectivity index (χ2n) is 3.31. The van der Waals surface area contributed by atoms with Crippen molar-refractivity contribution in [3.05, 3.63) is 0 Å². The Morgan fingerprint density at radius 2 is 2.50 bits per heavy atom. The van der Waals surface area contributed by atoms with Gasteiger partial charge in [-0.3, -0.25) is 9.69 Å². The summed E-state index contributed by atoms with van der Waals surface area (Å²) in [5, 5.41) is 3.29. The minimum absolute atomic E-state index is 0.208. The zero-order chi connectivity index (χ0) is 8.97. The molecular weight excluding hydrogens is 154 g/mol. The van der Waals surface area contributed by atoms with Gasteiger partial charge in [0.25, 0.3) is 0 Å². The van der Waals surface area contributed by atoms with Crippen LogP contribution in [-0.4, -0.2) is 43.0 Å². The van der Waals surface area contributed by atoms with Crippen LogP contribution in [0, 0.1) is 0 Å². The zero-order valence-corrected chi connectivity index (χ0v) is 7.55. The third-order valence-electron chi connectivity index (χ3n) is 2.28. The van der Waals surface area contributed by atoms with E-state index in [4.69, 9.17) is 5.73 Å². The summed E-state index contributed by atoms with van der Waals surface area (Å²) >= 11 is 0. The topological polar surface area (TPSA) is 58.4 Å². The SMILES string of the molecule is C[C@@H]1CNCCN1CCC(N)=O. The number of carbonyl (C=O) groups is 1. The molecule has 70 valence electrons. The third-order valence-corrected chi connectivity index (χ3v) is 2.28. The van der Waals surface area contributed by atoms with Gasteiger partial charge in [-0.1, -0.05) is 0 Å². The molecule has 0 aromatic rings. The highest BCUT2D eigenvalue weighted by Crippen LogP contribution is 2.02. The molecule has 12 heavy (non-hydrogen) atoms. The van der Waals surface area contributed by atoms with Gasteiger partial charge in [0.15, 0.2) is 0 Å². The first-order valence-electron chi connectivity index (χ1n) is 4.43. The molecule has 1 amide bonds. The first-order chi connectivity index (χ1) is 5.70. The molecule has 0 bridgehead atoms. The van der Waals surface area contributed by atoms with Crippen molar-refractivity contribution in [1.29, 1.82) is 0 Å². The molecule has 0 aromatic carbocycles. The number of carbonyl (C=O) groups excluding carboxylic acids is 1. The number of nitrogens with one attached hydrogen (secondary N) is 1. The second kappa shape index (κ2) is 4.42. The van der Waals surface area contributed by atoms with Crippen LogP contribution in [0.3, 0.4) is 0 Å². The van der Waals surface area contributed by atoms with E-state index in [2.05, 4.69) is 17.1 Å². The van der Waals surface area contributed by atoms with E-state index in [0.717, 1.165) is 26.2 Å². The Labute approximate surface area is 73.1 Å². The third kappa shape index (κ3) is 2.79. The van der Waals surface area contributed by atoms with Crippen molar-refractivity contribution in [2.24, 2.45) is 5.73 Å². The fourth-order valence-electron chi connectivity index (χ4n) is 1.47. The van der Waals surface area contributed by atoms with Gasteiger partial charge in [0.2, 0.25) is 5.91 Å². The molecule has 0 radical (unpaired) electrons. The van der Waals surface area contributed by atoms with Crippen LogP contribution in [0.25, 0.3) is 0 Å². The Morgan fingerprint density at radius 1 is 1.75 bits per heavy atom. The van der Waals surface area contributed by atoms with Gasteiger partial charge in [-0.15, -0.1) is 0 Å². The van der Waals surface area contributed by atoms with Crippen molar-refractivity contribution in [3.63, 3.8) is 0 Å². The fraction of sp³-hybridized carbons (Fsp3) is 0.875. The van der Waals surface area contributed by atoms with Gasteiger partial charge in [-0.05, 0) is 6.92 Å². The average Bonchev–Trinajstić information content (AvgIpc) is 2.03. The smallest absolute Gasteiger partial charge is 0.218 e. The van der Waals surface area contributed by atoms with Crippen LogP contribution in [0.2, 0.25) is 0 Å². The molecule has 1 rings (SSSR count). The quantitative estimate of drug-likeness (QED) is 0.582. The van der Waals surface area contributed by atoms with Crippen molar-refractivity contribution in [3.8, 4) is 0 Å². The lowest BCUT2D eigenvalue weighted by Crippen LogP contribution is -2.50. The molecule has 4 heteroatoms. The van der Waals surface area contributed by atoms with E-state index in [0.29, 0.717) is 12.5 Å². The molecule has 0 spiro atoms. The van der Waals surface area contributed by atoms with Crippen LogP contribution in [0.15, 0.2) is 0 Å². The van der Waals surface area contributed by atoms with E-state index in [1.807, 2.05) is 0 Å². The number of nitrogens with two attached hydrogens (primary N) is 1. The molecule has 1 aliphatic heterocycles. The van der Waals surface area contributed by atoms with Gasteiger partial charge in [-0.25, -0.2) is 0 Å². The van der Waals surface area contributed by atoms with Crippen LogP contribution in [-0.2, 0) is 4.79 Å². The van der Waals surface area contributed by atoms with Crippen LogP contribution in [0.1, 0.15) is 13.3 Å². The predicted molar refractivity (Wildman–Crippen MR) is 47.7 cm³/mol. The van der Waals surface area contributed by atoms with Gasteiger partial charge in [0, 0.05) is 38.6 Å². The molecule has 1 atom stereocenters. The standard InChI is InChI=1S/C8H17N3O/c1-7-6-10-3-5-11(7)4-2-8(9)12/h7,10H,2-6H2,1H3,(H2,9,12)/t7-/m1/s1. The molecule has 4 nitrogen and oxygen atoms in total. The van der Waals surface area contributed by atoms with Gasteiger partial charge < -0.3 is 11.1 Å². The fourth-order valence-corrected chi connectivity index (χ4v) is 1.47. The number of hydrogen-bond acceptors (Lipinski definition) is 3. The van der Waals surface area contributed by atoms with Crippen LogP contribution >= 0.6 is 0 Å². The predicted octanol–water partition coefficient (Wildman–Crippen LogP) is -0.844. The Kier molecular flexibility index (Phi) is 3.49. The van der Waals surface area contributed by atoms with Crippen molar-refractivity contribution >= 4 is 5.91 Å². The summed E-state index contributed by atoms with van der Waals surface area (Å²) < 4.78 is 0. The molecule has 1 fully saturated rings. The molecule has 1 aliphatic rings. The summed E-state index contributed by atoms with van der Waals surface area (Å²) in [6.45, 7) is 6.02. The molecule has 1 saturated heterocycles. The van der Waals surface area contributed by atoms with E-state index < -0.39 is 0 Å². The number of primary amides is 1. The lowest BCUT2D eigenvalue weighted by atomic mass is 10.2. The van der Waals surface area contributed by atoms with Crippen LogP contribution in [0.4, 0.5) is 0 Å². The van der Waals surface area contributed by atoms with Crippen molar-refractivity contribution in [2.75, 3.05) is 26.2 Å². The van der Waals surface area contributed by atoms with E-state index >= 15 is 0 Å². The summed E-state index contributed by atoms with van der Waals surface area (Å²) in [5.41, 5.74) is 5.07. The lowest BCUT2D eigenvalue weighted by molar-refractivity contribution is -0.118. The van der Waals surface area contributed by atoms with Gasteiger partial charge in [0.05, 0.1) is 0 Å². The van der Waals surface area contributed by atoms with Crippen LogP contribution < -0.4 is 11.1 Å².